The number of nitrogens with zero attached hydrogens (tertiary/aromatic N) is 2. The van der Waals surface area contributed by atoms with Gasteiger partial charge in [-0.25, -0.2) is 4.98 Å². The molecule has 4 nitrogen and oxygen atoms in total. The number of rotatable bonds is 2. The molecule has 1 rings (SSSR count). The summed E-state index contributed by atoms with van der Waals surface area (Å²) in [6.07, 6.45) is 3.32. The van der Waals surface area contributed by atoms with Gasteiger partial charge in [0.15, 0.2) is 0 Å². The van der Waals surface area contributed by atoms with E-state index in [0.717, 1.165) is 5.82 Å². The minimum atomic E-state index is -0.844. The van der Waals surface area contributed by atoms with Crippen LogP contribution in [0.15, 0.2) is 12.4 Å². The number of carboxylic acid groups (broad SMARTS) is 1. The number of imidazole rings is 1. The molecule has 0 saturated carbocycles. The molecule has 0 unspecified atom stereocenters. The van der Waals surface area contributed by atoms with E-state index in [1.165, 1.54) is 0 Å². The molecular formula is C9H14N2O2. The number of carboxylic acids is 1. The van der Waals surface area contributed by atoms with Crippen molar-refractivity contribution in [2.24, 2.45) is 0 Å². The standard InChI is InChI=1S/C9H14N2O2/c1-9(2,3)8-10-4-5-11(8)6-7(12)13/h4-5H,6H2,1-3H3,(H,12,13). The zero-order valence-electron chi connectivity index (χ0n) is 8.11. The molecule has 4 heteroatoms. The van der Waals surface area contributed by atoms with Gasteiger partial charge in [-0.15, -0.1) is 0 Å². The smallest absolute Gasteiger partial charge is 0.323 e. The molecule has 0 saturated heterocycles. The summed E-state index contributed by atoms with van der Waals surface area (Å²) in [6.45, 7) is 6.00. The van der Waals surface area contributed by atoms with Gasteiger partial charge in [0.25, 0.3) is 0 Å². The summed E-state index contributed by atoms with van der Waals surface area (Å²) >= 11 is 0. The van der Waals surface area contributed by atoms with Gasteiger partial charge in [-0.05, 0) is 0 Å². The van der Waals surface area contributed by atoms with Crippen molar-refractivity contribution in [3.05, 3.63) is 18.2 Å². The first-order chi connectivity index (χ1) is 5.91. The molecule has 0 atom stereocenters. The Labute approximate surface area is 77.2 Å². The zero-order chi connectivity index (χ0) is 10.1. The normalized spacial score (nSPS) is 11.6. The number of hydrogen-bond acceptors (Lipinski definition) is 2. The van der Waals surface area contributed by atoms with Gasteiger partial charge in [-0.1, -0.05) is 20.8 Å². The van der Waals surface area contributed by atoms with Gasteiger partial charge in [-0.2, -0.15) is 0 Å². The molecule has 1 N–H and O–H groups in total. The summed E-state index contributed by atoms with van der Waals surface area (Å²) in [4.78, 5) is 14.6. The van der Waals surface area contributed by atoms with E-state index in [1.54, 1.807) is 17.0 Å². The monoisotopic (exact) mass is 182 g/mol. The average Bonchev–Trinajstić information content (AvgIpc) is 2.31. The number of carbonyl (C=O) groups is 1. The van der Waals surface area contributed by atoms with Crippen molar-refractivity contribution in [1.82, 2.24) is 9.55 Å². The van der Waals surface area contributed by atoms with E-state index in [4.69, 9.17) is 5.11 Å². The van der Waals surface area contributed by atoms with Crippen molar-refractivity contribution in [1.29, 1.82) is 0 Å². The van der Waals surface area contributed by atoms with Gasteiger partial charge in [-0.3, -0.25) is 4.79 Å². The first kappa shape index (κ1) is 9.77. The maximum Gasteiger partial charge on any atom is 0.323 e. The first-order valence-corrected chi connectivity index (χ1v) is 4.14. The molecule has 72 valence electrons. The zero-order valence-corrected chi connectivity index (χ0v) is 8.11. The highest BCUT2D eigenvalue weighted by Gasteiger charge is 2.20. The van der Waals surface area contributed by atoms with Crippen LogP contribution >= 0.6 is 0 Å². The third kappa shape index (κ3) is 2.31. The lowest BCUT2D eigenvalue weighted by molar-refractivity contribution is -0.137. The number of hydrogen-bond donors (Lipinski definition) is 1. The van der Waals surface area contributed by atoms with Gasteiger partial charge >= 0.3 is 5.97 Å². The van der Waals surface area contributed by atoms with Gasteiger partial charge in [0.05, 0.1) is 0 Å². The van der Waals surface area contributed by atoms with Gasteiger partial charge in [0, 0.05) is 17.8 Å². The molecular weight excluding hydrogens is 168 g/mol. The average molecular weight is 182 g/mol. The van der Waals surface area contributed by atoms with Crippen LogP contribution in [0, 0.1) is 0 Å². The van der Waals surface area contributed by atoms with E-state index in [2.05, 4.69) is 4.98 Å². The molecule has 1 aromatic heterocycles. The summed E-state index contributed by atoms with van der Waals surface area (Å²) in [6, 6.07) is 0. The molecule has 0 fully saturated rings. The van der Waals surface area contributed by atoms with Gasteiger partial charge in [0.1, 0.15) is 12.4 Å². The van der Waals surface area contributed by atoms with E-state index in [-0.39, 0.29) is 12.0 Å². The fraction of sp³-hybridized carbons (Fsp3) is 0.556. The van der Waals surface area contributed by atoms with E-state index in [9.17, 15) is 4.79 Å². The van der Waals surface area contributed by atoms with Crippen molar-refractivity contribution in [3.63, 3.8) is 0 Å². The molecule has 0 bridgehead atoms. The van der Waals surface area contributed by atoms with Crippen molar-refractivity contribution in [3.8, 4) is 0 Å². The lowest BCUT2D eigenvalue weighted by Gasteiger charge is -2.18. The third-order valence-electron chi connectivity index (χ3n) is 1.69. The Morgan fingerprint density at radius 1 is 1.62 bits per heavy atom. The van der Waals surface area contributed by atoms with Crippen LogP contribution in [0.4, 0.5) is 0 Å². The van der Waals surface area contributed by atoms with Crippen LogP contribution in [0.1, 0.15) is 26.6 Å². The van der Waals surface area contributed by atoms with E-state index in [1.807, 2.05) is 20.8 Å². The lowest BCUT2D eigenvalue weighted by Crippen LogP contribution is -2.21. The predicted molar refractivity (Wildman–Crippen MR) is 48.6 cm³/mol. The van der Waals surface area contributed by atoms with Crippen LogP contribution in [0.25, 0.3) is 0 Å². The maximum atomic E-state index is 10.5. The fourth-order valence-corrected chi connectivity index (χ4v) is 1.23. The Kier molecular flexibility index (Phi) is 2.40. The molecule has 0 aliphatic heterocycles. The molecule has 0 aromatic carbocycles. The molecule has 0 spiro atoms. The Bertz CT molecular complexity index is 310. The number of aliphatic carboxylic acids is 1. The lowest BCUT2D eigenvalue weighted by atomic mass is 9.96. The van der Waals surface area contributed by atoms with Crippen LogP contribution in [-0.2, 0) is 16.8 Å². The van der Waals surface area contributed by atoms with Crippen molar-refractivity contribution in [2.75, 3.05) is 0 Å². The summed E-state index contributed by atoms with van der Waals surface area (Å²) < 4.78 is 1.66. The first-order valence-electron chi connectivity index (χ1n) is 4.14. The van der Waals surface area contributed by atoms with Crippen LogP contribution in [0.2, 0.25) is 0 Å². The molecule has 13 heavy (non-hydrogen) atoms. The second-order valence-corrected chi connectivity index (χ2v) is 4.02. The quantitative estimate of drug-likeness (QED) is 0.749. The summed E-state index contributed by atoms with van der Waals surface area (Å²) in [7, 11) is 0. The minimum Gasteiger partial charge on any atom is -0.480 e. The second kappa shape index (κ2) is 3.20. The van der Waals surface area contributed by atoms with Crippen molar-refractivity contribution < 1.29 is 9.90 Å². The second-order valence-electron chi connectivity index (χ2n) is 4.02. The van der Waals surface area contributed by atoms with Crippen LogP contribution in [0.3, 0.4) is 0 Å². The Balaban J connectivity index is 2.96. The highest BCUT2D eigenvalue weighted by Crippen LogP contribution is 2.19. The number of aromatic nitrogens is 2. The summed E-state index contributed by atoms with van der Waals surface area (Å²) in [5.41, 5.74) is -0.112. The molecule has 0 aliphatic carbocycles. The van der Waals surface area contributed by atoms with Crippen molar-refractivity contribution >= 4 is 5.97 Å². The Hall–Kier alpha value is -1.32. The van der Waals surface area contributed by atoms with E-state index < -0.39 is 5.97 Å². The van der Waals surface area contributed by atoms with Gasteiger partial charge in [0.2, 0.25) is 0 Å². The molecule has 1 aromatic rings. The summed E-state index contributed by atoms with van der Waals surface area (Å²) in [5, 5.41) is 8.63. The fourth-order valence-electron chi connectivity index (χ4n) is 1.23. The van der Waals surface area contributed by atoms with E-state index in [0.29, 0.717) is 0 Å². The minimum absolute atomic E-state index is 0.0212. The third-order valence-corrected chi connectivity index (χ3v) is 1.69. The molecule has 0 aliphatic rings. The molecule has 0 radical (unpaired) electrons. The van der Waals surface area contributed by atoms with E-state index >= 15 is 0 Å². The Morgan fingerprint density at radius 2 is 2.23 bits per heavy atom. The predicted octanol–water partition coefficient (Wildman–Crippen LogP) is 1.27. The highest BCUT2D eigenvalue weighted by atomic mass is 16.4. The Morgan fingerprint density at radius 3 is 2.69 bits per heavy atom. The molecule has 1 heterocycles. The SMILES string of the molecule is CC(C)(C)c1nccn1CC(=O)O. The molecule has 0 amide bonds. The van der Waals surface area contributed by atoms with Crippen LogP contribution < -0.4 is 0 Å². The van der Waals surface area contributed by atoms with Gasteiger partial charge < -0.3 is 9.67 Å². The van der Waals surface area contributed by atoms with Crippen LogP contribution in [0.5, 0.6) is 0 Å². The van der Waals surface area contributed by atoms with Crippen LogP contribution in [-0.4, -0.2) is 20.6 Å². The maximum absolute atomic E-state index is 10.5. The summed E-state index contributed by atoms with van der Waals surface area (Å²) in [5.74, 6) is -0.0431. The largest absolute Gasteiger partial charge is 0.480 e. The van der Waals surface area contributed by atoms with Crippen molar-refractivity contribution in [2.45, 2.75) is 32.7 Å². The highest BCUT2D eigenvalue weighted by molar-refractivity contribution is 5.66. The topological polar surface area (TPSA) is 55.1 Å².